The molecular formula is C12H16N4O2. The number of aryl methyl sites for hydroxylation is 1. The third-order valence-electron chi connectivity index (χ3n) is 3.40. The summed E-state index contributed by atoms with van der Waals surface area (Å²) in [6.07, 6.45) is 0. The van der Waals surface area contributed by atoms with Gasteiger partial charge >= 0.3 is 0 Å². The second-order valence-corrected chi connectivity index (χ2v) is 4.61. The maximum Gasteiger partial charge on any atom is 0.275 e. The molecule has 0 saturated carbocycles. The summed E-state index contributed by atoms with van der Waals surface area (Å²) in [4.78, 5) is 16.5. The van der Waals surface area contributed by atoms with Gasteiger partial charge in [0.05, 0.1) is 24.9 Å². The summed E-state index contributed by atoms with van der Waals surface area (Å²) in [6.45, 7) is 5.80. The van der Waals surface area contributed by atoms with Crippen LogP contribution < -0.4 is 10.9 Å². The number of nitrogens with one attached hydrogen (secondary N) is 2. The van der Waals surface area contributed by atoms with Gasteiger partial charge in [0.15, 0.2) is 5.65 Å². The topological polar surface area (TPSA) is 71.4 Å². The number of morpholine rings is 1. The molecule has 6 heteroatoms. The van der Waals surface area contributed by atoms with E-state index in [1.165, 1.54) is 4.52 Å². The van der Waals surface area contributed by atoms with E-state index in [2.05, 4.69) is 15.4 Å². The highest BCUT2D eigenvalue weighted by Gasteiger charge is 2.18. The first-order valence-corrected chi connectivity index (χ1v) is 6.07. The zero-order valence-electron chi connectivity index (χ0n) is 10.5. The maximum absolute atomic E-state index is 12.1. The zero-order valence-corrected chi connectivity index (χ0v) is 10.5. The van der Waals surface area contributed by atoms with E-state index in [0.29, 0.717) is 17.8 Å². The van der Waals surface area contributed by atoms with Crippen LogP contribution in [0.5, 0.6) is 0 Å². The van der Waals surface area contributed by atoms with Crippen molar-refractivity contribution in [2.75, 3.05) is 19.8 Å². The van der Waals surface area contributed by atoms with E-state index in [1.54, 1.807) is 6.92 Å². The van der Waals surface area contributed by atoms with Crippen LogP contribution in [-0.2, 0) is 4.74 Å². The molecule has 2 aromatic rings. The van der Waals surface area contributed by atoms with Gasteiger partial charge in [-0.05, 0) is 13.8 Å². The van der Waals surface area contributed by atoms with E-state index in [0.717, 1.165) is 24.5 Å². The average molecular weight is 248 g/mol. The van der Waals surface area contributed by atoms with E-state index in [9.17, 15) is 4.79 Å². The molecule has 18 heavy (non-hydrogen) atoms. The van der Waals surface area contributed by atoms with Crippen molar-refractivity contribution >= 4 is 5.65 Å². The molecule has 0 bridgehead atoms. The van der Waals surface area contributed by atoms with Crippen LogP contribution in [0.2, 0.25) is 0 Å². The molecule has 2 aromatic heterocycles. The Morgan fingerprint density at radius 3 is 3.06 bits per heavy atom. The van der Waals surface area contributed by atoms with Gasteiger partial charge in [0.25, 0.3) is 5.56 Å². The Labute approximate surface area is 104 Å². The van der Waals surface area contributed by atoms with E-state index in [4.69, 9.17) is 4.74 Å². The predicted octanol–water partition coefficient (Wildman–Crippen LogP) is 0.300. The van der Waals surface area contributed by atoms with Gasteiger partial charge in [-0.25, -0.2) is 9.50 Å². The number of nitrogens with zero attached hydrogens (tertiary/aromatic N) is 2. The molecule has 0 aliphatic carbocycles. The number of fused-ring (bicyclic) bond motifs is 1. The molecule has 0 spiro atoms. The number of hydrogen-bond acceptors (Lipinski definition) is 4. The van der Waals surface area contributed by atoms with E-state index in [-0.39, 0.29) is 11.6 Å². The Morgan fingerprint density at radius 1 is 1.50 bits per heavy atom. The fourth-order valence-electron chi connectivity index (χ4n) is 2.18. The number of rotatable bonds is 1. The van der Waals surface area contributed by atoms with Crippen molar-refractivity contribution < 1.29 is 4.74 Å². The van der Waals surface area contributed by atoms with E-state index in [1.807, 2.05) is 13.0 Å². The van der Waals surface area contributed by atoms with E-state index >= 15 is 0 Å². The molecule has 0 amide bonds. The summed E-state index contributed by atoms with van der Waals surface area (Å²) in [6, 6.07) is 2.00. The van der Waals surface area contributed by atoms with Gasteiger partial charge in [-0.3, -0.25) is 9.89 Å². The molecule has 1 aliphatic heterocycles. The van der Waals surface area contributed by atoms with Gasteiger partial charge in [-0.2, -0.15) is 0 Å². The lowest BCUT2D eigenvalue weighted by molar-refractivity contribution is 0.0755. The van der Waals surface area contributed by atoms with Crippen LogP contribution >= 0.6 is 0 Å². The summed E-state index contributed by atoms with van der Waals surface area (Å²) < 4.78 is 6.91. The molecule has 1 fully saturated rings. The Hall–Kier alpha value is -1.66. The van der Waals surface area contributed by atoms with Crippen molar-refractivity contribution in [2.24, 2.45) is 0 Å². The van der Waals surface area contributed by atoms with Gasteiger partial charge in [0.2, 0.25) is 0 Å². The first-order valence-electron chi connectivity index (χ1n) is 6.07. The lowest BCUT2D eigenvalue weighted by Crippen LogP contribution is -2.34. The van der Waals surface area contributed by atoms with Gasteiger partial charge in [-0.15, -0.1) is 0 Å². The molecule has 0 radical (unpaired) electrons. The lowest BCUT2D eigenvalue weighted by atomic mass is 10.2. The largest absolute Gasteiger partial charge is 0.378 e. The maximum atomic E-state index is 12.1. The molecular weight excluding hydrogens is 232 g/mol. The van der Waals surface area contributed by atoms with Crippen molar-refractivity contribution in [3.05, 3.63) is 33.4 Å². The fraction of sp³-hybridized carbons (Fsp3) is 0.500. The van der Waals surface area contributed by atoms with Crippen LogP contribution in [0.4, 0.5) is 0 Å². The van der Waals surface area contributed by atoms with Crippen LogP contribution in [0.1, 0.15) is 23.0 Å². The van der Waals surface area contributed by atoms with Gasteiger partial charge in [-0.1, -0.05) is 0 Å². The monoisotopic (exact) mass is 248 g/mol. The minimum absolute atomic E-state index is 0.0412. The first kappa shape index (κ1) is 11.4. The van der Waals surface area contributed by atoms with Gasteiger partial charge in [0, 0.05) is 23.9 Å². The Bertz CT molecular complexity index is 637. The molecule has 2 N–H and O–H groups in total. The van der Waals surface area contributed by atoms with Crippen LogP contribution in [0, 0.1) is 13.8 Å². The SMILES string of the molecule is Cc1nc2cc(C3COCCN3)[nH]n2c(=O)c1C. The molecule has 0 aromatic carbocycles. The normalized spacial score (nSPS) is 20.4. The predicted molar refractivity (Wildman–Crippen MR) is 66.8 cm³/mol. The number of aromatic amines is 1. The fourth-order valence-corrected chi connectivity index (χ4v) is 2.18. The second kappa shape index (κ2) is 4.22. The minimum atomic E-state index is -0.0412. The Morgan fingerprint density at radius 2 is 2.33 bits per heavy atom. The summed E-state index contributed by atoms with van der Waals surface area (Å²) in [5, 5.41) is 6.45. The van der Waals surface area contributed by atoms with Gasteiger partial charge in [0.1, 0.15) is 0 Å². The van der Waals surface area contributed by atoms with Crippen molar-refractivity contribution in [1.29, 1.82) is 0 Å². The molecule has 1 saturated heterocycles. The quantitative estimate of drug-likeness (QED) is 0.761. The number of ether oxygens (including phenoxy) is 1. The molecule has 1 atom stereocenters. The zero-order chi connectivity index (χ0) is 12.7. The average Bonchev–Trinajstić information content (AvgIpc) is 2.81. The first-order chi connectivity index (χ1) is 8.66. The van der Waals surface area contributed by atoms with Crippen molar-refractivity contribution in [3.8, 4) is 0 Å². The van der Waals surface area contributed by atoms with Crippen LogP contribution in [0.3, 0.4) is 0 Å². The van der Waals surface area contributed by atoms with Crippen molar-refractivity contribution in [3.63, 3.8) is 0 Å². The highest BCUT2D eigenvalue weighted by Crippen LogP contribution is 2.15. The van der Waals surface area contributed by atoms with Crippen LogP contribution in [0.15, 0.2) is 10.9 Å². The highest BCUT2D eigenvalue weighted by atomic mass is 16.5. The second-order valence-electron chi connectivity index (χ2n) is 4.61. The molecule has 96 valence electrons. The molecule has 1 unspecified atom stereocenters. The van der Waals surface area contributed by atoms with Crippen molar-refractivity contribution in [2.45, 2.75) is 19.9 Å². The summed E-state index contributed by atoms with van der Waals surface area (Å²) >= 11 is 0. The third-order valence-corrected chi connectivity index (χ3v) is 3.40. The summed E-state index contributed by atoms with van der Waals surface area (Å²) in [5.74, 6) is 0. The number of hydrogen-bond donors (Lipinski definition) is 2. The number of H-pyrrole nitrogens is 1. The lowest BCUT2D eigenvalue weighted by Gasteiger charge is -2.22. The molecule has 6 nitrogen and oxygen atoms in total. The summed E-state index contributed by atoms with van der Waals surface area (Å²) in [7, 11) is 0. The molecule has 3 rings (SSSR count). The van der Waals surface area contributed by atoms with Gasteiger partial charge < -0.3 is 10.1 Å². The van der Waals surface area contributed by atoms with E-state index < -0.39 is 0 Å². The van der Waals surface area contributed by atoms with Crippen molar-refractivity contribution in [1.82, 2.24) is 19.9 Å². The molecule has 3 heterocycles. The minimum Gasteiger partial charge on any atom is -0.378 e. The Balaban J connectivity index is 2.10. The third kappa shape index (κ3) is 1.74. The smallest absolute Gasteiger partial charge is 0.275 e. The van der Waals surface area contributed by atoms with Crippen LogP contribution in [-0.4, -0.2) is 34.4 Å². The Kier molecular flexibility index (Phi) is 2.68. The molecule has 1 aliphatic rings. The number of aromatic nitrogens is 3. The van der Waals surface area contributed by atoms with Crippen LogP contribution in [0.25, 0.3) is 5.65 Å². The standard InChI is InChI=1S/C12H16N4O2/c1-7-8(2)14-11-5-9(15-16(11)12(7)17)10-6-18-4-3-13-10/h5,10,13,15H,3-4,6H2,1-2H3. The highest BCUT2D eigenvalue weighted by molar-refractivity contribution is 5.42. The summed E-state index contributed by atoms with van der Waals surface area (Å²) in [5.41, 5.74) is 3.00.